The van der Waals surface area contributed by atoms with Crippen LogP contribution in [-0.2, 0) is 0 Å². The molecule has 1 aromatic rings. The molecule has 0 atom stereocenters. The summed E-state index contributed by atoms with van der Waals surface area (Å²) in [7, 11) is 0. The Bertz CT molecular complexity index is 191. The van der Waals surface area contributed by atoms with Gasteiger partial charge < -0.3 is 28.6 Å². The molecule has 0 saturated carbocycles. The van der Waals surface area contributed by atoms with Gasteiger partial charge in [0.15, 0.2) is 0 Å². The second-order valence-electron chi connectivity index (χ2n) is 2.37. The average Bonchev–Trinajstić information content (AvgIpc) is 2.07. The number of benzene rings is 1. The Morgan fingerprint density at radius 2 is 1.77 bits per heavy atom. The summed E-state index contributed by atoms with van der Waals surface area (Å²) in [6, 6.07) is 9.85. The van der Waals surface area contributed by atoms with E-state index in [0.29, 0.717) is 0 Å². The van der Waals surface area contributed by atoms with Crippen molar-refractivity contribution in [2.75, 3.05) is 6.61 Å². The summed E-state index contributed by atoms with van der Waals surface area (Å²) in [4.78, 5) is 0. The number of para-hydroxylation sites is 1. The molecule has 1 nitrogen and oxygen atoms in total. The Morgan fingerprint density at radius 1 is 1.15 bits per heavy atom. The predicted octanol–water partition coefficient (Wildman–Crippen LogP) is -0.697. The van der Waals surface area contributed by atoms with Crippen LogP contribution in [0.2, 0.25) is 0 Å². The predicted molar refractivity (Wildman–Crippen MR) is 52.3 cm³/mol. The molecule has 0 aliphatic rings. The first-order valence-corrected chi connectivity index (χ1v) is 3.90. The van der Waals surface area contributed by atoms with Crippen LogP contribution in [0.1, 0.15) is 12.8 Å². The largest absolute Gasteiger partial charge is 2.00 e. The van der Waals surface area contributed by atoms with Gasteiger partial charge in [-0.15, -0.1) is 0 Å². The van der Waals surface area contributed by atoms with Crippen LogP contribution in [0.15, 0.2) is 30.3 Å². The SMILES string of the molecule is [Br-].[CH2-]CCCOc1ccccc1.[Mg+2]. The molecule has 0 aliphatic heterocycles. The van der Waals surface area contributed by atoms with Crippen molar-refractivity contribution in [2.45, 2.75) is 12.8 Å². The molecule has 68 valence electrons. The van der Waals surface area contributed by atoms with E-state index in [0.717, 1.165) is 25.2 Å². The van der Waals surface area contributed by atoms with Crippen molar-refractivity contribution < 1.29 is 21.7 Å². The number of ether oxygens (including phenoxy) is 1. The van der Waals surface area contributed by atoms with E-state index in [2.05, 4.69) is 6.92 Å². The van der Waals surface area contributed by atoms with Gasteiger partial charge in [-0.1, -0.05) is 18.2 Å². The van der Waals surface area contributed by atoms with Crippen LogP contribution < -0.4 is 21.7 Å². The van der Waals surface area contributed by atoms with Gasteiger partial charge in [-0.2, -0.15) is 6.42 Å². The van der Waals surface area contributed by atoms with Gasteiger partial charge in [0.1, 0.15) is 5.75 Å². The molecule has 0 aromatic heterocycles. The maximum Gasteiger partial charge on any atom is 2.00 e. The third-order valence-electron chi connectivity index (χ3n) is 1.41. The van der Waals surface area contributed by atoms with E-state index in [-0.39, 0.29) is 40.0 Å². The van der Waals surface area contributed by atoms with Gasteiger partial charge in [-0.3, -0.25) is 0 Å². The Morgan fingerprint density at radius 3 is 2.31 bits per heavy atom. The van der Waals surface area contributed by atoms with E-state index in [1.165, 1.54) is 0 Å². The molecule has 0 heterocycles. The topological polar surface area (TPSA) is 9.23 Å². The smallest absolute Gasteiger partial charge is 1.00 e. The zero-order chi connectivity index (χ0) is 7.94. The van der Waals surface area contributed by atoms with Crippen molar-refractivity contribution in [3.63, 3.8) is 0 Å². The van der Waals surface area contributed by atoms with Crippen LogP contribution in [0.25, 0.3) is 0 Å². The molecule has 13 heavy (non-hydrogen) atoms. The number of unbranched alkanes of at least 4 members (excludes halogenated alkanes) is 1. The van der Waals surface area contributed by atoms with E-state index in [1.54, 1.807) is 0 Å². The van der Waals surface area contributed by atoms with E-state index in [9.17, 15) is 0 Å². The summed E-state index contributed by atoms with van der Waals surface area (Å²) in [5, 5.41) is 0. The van der Waals surface area contributed by atoms with Crippen LogP contribution in [0.3, 0.4) is 0 Å². The van der Waals surface area contributed by atoms with Crippen molar-refractivity contribution in [3.8, 4) is 5.75 Å². The van der Waals surface area contributed by atoms with Gasteiger partial charge in [-0.05, 0) is 18.6 Å². The van der Waals surface area contributed by atoms with Crippen molar-refractivity contribution in [2.24, 2.45) is 0 Å². The Labute approximate surface area is 107 Å². The third-order valence-corrected chi connectivity index (χ3v) is 1.41. The fourth-order valence-corrected chi connectivity index (χ4v) is 0.809. The molecule has 0 bridgehead atoms. The third kappa shape index (κ3) is 7.35. The first-order valence-electron chi connectivity index (χ1n) is 3.90. The molecule has 0 radical (unpaired) electrons. The normalized spacial score (nSPS) is 8.08. The second-order valence-corrected chi connectivity index (χ2v) is 2.37. The van der Waals surface area contributed by atoms with Gasteiger partial charge in [0, 0.05) is 0 Å². The fraction of sp³-hybridized carbons (Fsp3) is 0.300. The molecule has 0 N–H and O–H groups in total. The van der Waals surface area contributed by atoms with Crippen molar-refractivity contribution in [3.05, 3.63) is 37.3 Å². The molecular formula is C10H13BrMgO. The molecule has 0 amide bonds. The summed E-state index contributed by atoms with van der Waals surface area (Å²) >= 11 is 0. The van der Waals surface area contributed by atoms with Crippen LogP contribution in [0, 0.1) is 6.92 Å². The maximum absolute atomic E-state index is 5.41. The minimum Gasteiger partial charge on any atom is -1.00 e. The standard InChI is InChI=1S/C10H13O.BrH.Mg/c1-2-3-9-11-10-7-5-4-6-8-10;;/h4-8H,1-3,9H2;1H;/q-1;;+2/p-1. The number of halogens is 1. The maximum atomic E-state index is 5.41. The quantitative estimate of drug-likeness (QED) is 0.392. The molecule has 0 spiro atoms. The van der Waals surface area contributed by atoms with Crippen LogP contribution in [0.5, 0.6) is 5.75 Å². The molecule has 1 aromatic carbocycles. The fourth-order valence-electron chi connectivity index (χ4n) is 0.809. The number of hydrogen-bond donors (Lipinski definition) is 0. The summed E-state index contributed by atoms with van der Waals surface area (Å²) < 4.78 is 5.41. The molecule has 1 rings (SSSR count). The molecule has 0 aliphatic carbocycles. The van der Waals surface area contributed by atoms with Crippen LogP contribution in [0.4, 0.5) is 0 Å². The first-order chi connectivity index (χ1) is 5.43. The molecule has 0 fully saturated rings. The Kier molecular flexibility index (Phi) is 12.5. The van der Waals surface area contributed by atoms with Gasteiger partial charge in [0.2, 0.25) is 0 Å². The molecule has 3 heteroatoms. The molecular weight excluding hydrogens is 240 g/mol. The molecule has 0 unspecified atom stereocenters. The zero-order valence-corrected chi connectivity index (χ0v) is 10.7. The minimum absolute atomic E-state index is 0. The van der Waals surface area contributed by atoms with E-state index < -0.39 is 0 Å². The summed E-state index contributed by atoms with van der Waals surface area (Å²) in [6.07, 6.45) is 1.96. The summed E-state index contributed by atoms with van der Waals surface area (Å²) in [5.74, 6) is 0.945. The van der Waals surface area contributed by atoms with Crippen LogP contribution >= 0.6 is 0 Å². The summed E-state index contributed by atoms with van der Waals surface area (Å²) in [5.41, 5.74) is 0. The monoisotopic (exact) mass is 252 g/mol. The van der Waals surface area contributed by atoms with Gasteiger partial charge in [0.25, 0.3) is 0 Å². The van der Waals surface area contributed by atoms with Crippen molar-refractivity contribution in [1.29, 1.82) is 0 Å². The Hall–Kier alpha value is 0.266. The number of hydrogen-bond acceptors (Lipinski definition) is 1. The first kappa shape index (κ1) is 15.7. The summed E-state index contributed by atoms with van der Waals surface area (Å²) in [6.45, 7) is 4.51. The van der Waals surface area contributed by atoms with E-state index in [4.69, 9.17) is 4.74 Å². The van der Waals surface area contributed by atoms with E-state index >= 15 is 0 Å². The Balaban J connectivity index is 0. The van der Waals surface area contributed by atoms with Gasteiger partial charge >= 0.3 is 23.1 Å². The van der Waals surface area contributed by atoms with Gasteiger partial charge in [0.05, 0.1) is 6.61 Å². The van der Waals surface area contributed by atoms with Crippen LogP contribution in [-0.4, -0.2) is 29.7 Å². The van der Waals surface area contributed by atoms with Crippen molar-refractivity contribution in [1.82, 2.24) is 0 Å². The van der Waals surface area contributed by atoms with E-state index in [1.807, 2.05) is 30.3 Å². The second kappa shape index (κ2) is 10.3. The zero-order valence-electron chi connectivity index (χ0n) is 7.71. The minimum atomic E-state index is 0. The van der Waals surface area contributed by atoms with Gasteiger partial charge in [-0.25, -0.2) is 0 Å². The van der Waals surface area contributed by atoms with Crippen molar-refractivity contribution >= 4 is 23.1 Å². The average molecular weight is 253 g/mol. The molecule has 0 saturated heterocycles. The number of rotatable bonds is 4.